The van der Waals surface area contributed by atoms with Crippen LogP contribution in [-0.2, 0) is 11.3 Å². The molecule has 0 radical (unpaired) electrons. The third-order valence-corrected chi connectivity index (χ3v) is 5.00. The van der Waals surface area contributed by atoms with Crippen molar-refractivity contribution in [3.05, 3.63) is 35.9 Å². The second kappa shape index (κ2) is 4.17. The Bertz CT molecular complexity index is 493. The molecule has 0 saturated carbocycles. The minimum absolute atomic E-state index is 0.0549. The van der Waals surface area contributed by atoms with E-state index < -0.39 is 0 Å². The van der Waals surface area contributed by atoms with Crippen LogP contribution < -0.4 is 0 Å². The second-order valence-electron chi connectivity index (χ2n) is 7.21. The lowest BCUT2D eigenvalue weighted by Gasteiger charge is -2.42. The zero-order chi connectivity index (χ0) is 13.7. The summed E-state index contributed by atoms with van der Waals surface area (Å²) < 4.78 is 0. The highest BCUT2D eigenvalue weighted by atomic mass is 16.1. The molecule has 0 aromatic heterocycles. The minimum atomic E-state index is 0.0549. The number of piperidine rings is 1. The van der Waals surface area contributed by atoms with E-state index in [4.69, 9.17) is 0 Å². The number of benzene rings is 1. The van der Waals surface area contributed by atoms with Crippen LogP contribution in [0.2, 0.25) is 0 Å². The van der Waals surface area contributed by atoms with Crippen molar-refractivity contribution in [3.63, 3.8) is 0 Å². The molecular formula is C17H23NO. The molecule has 0 amide bonds. The Balaban J connectivity index is 1.91. The lowest BCUT2D eigenvalue weighted by molar-refractivity contribution is -0.127. The predicted octanol–water partition coefficient (Wildman–Crippen LogP) is 3.41. The first kappa shape index (κ1) is 12.9. The van der Waals surface area contributed by atoms with E-state index in [1.54, 1.807) is 0 Å². The second-order valence-corrected chi connectivity index (χ2v) is 7.21. The lowest BCUT2D eigenvalue weighted by Crippen LogP contribution is -2.51. The van der Waals surface area contributed by atoms with Gasteiger partial charge in [0, 0.05) is 31.0 Å². The van der Waals surface area contributed by atoms with E-state index in [1.165, 1.54) is 5.56 Å². The third kappa shape index (κ3) is 2.12. The Morgan fingerprint density at radius 2 is 1.89 bits per heavy atom. The molecule has 3 rings (SSSR count). The van der Waals surface area contributed by atoms with Gasteiger partial charge in [0.05, 0.1) is 0 Å². The summed E-state index contributed by atoms with van der Waals surface area (Å²) in [5.41, 5.74) is 1.65. The molecule has 0 N–H and O–H groups in total. The molecule has 2 fully saturated rings. The number of ketones is 1. The number of nitrogens with zero attached hydrogens (tertiary/aromatic N) is 1. The molecule has 19 heavy (non-hydrogen) atoms. The van der Waals surface area contributed by atoms with Crippen LogP contribution in [0.1, 0.15) is 45.6 Å². The largest absolute Gasteiger partial charge is 0.300 e. The van der Waals surface area contributed by atoms with Crippen molar-refractivity contribution in [1.82, 2.24) is 4.90 Å². The molecule has 0 unspecified atom stereocenters. The summed E-state index contributed by atoms with van der Waals surface area (Å²) in [4.78, 5) is 14.6. The summed E-state index contributed by atoms with van der Waals surface area (Å²) in [6.07, 6.45) is 2.58. The summed E-state index contributed by atoms with van der Waals surface area (Å²) in [6, 6.07) is 11.0. The maximum atomic E-state index is 12.0. The van der Waals surface area contributed by atoms with Crippen molar-refractivity contribution in [2.24, 2.45) is 5.41 Å². The first-order valence-electron chi connectivity index (χ1n) is 7.23. The van der Waals surface area contributed by atoms with E-state index in [1.807, 2.05) is 0 Å². The fourth-order valence-electron chi connectivity index (χ4n) is 4.34. The van der Waals surface area contributed by atoms with Gasteiger partial charge in [0.1, 0.15) is 5.78 Å². The zero-order valence-electron chi connectivity index (χ0n) is 12.1. The van der Waals surface area contributed by atoms with Gasteiger partial charge in [-0.3, -0.25) is 9.69 Å². The number of carbonyl (C=O) groups excluding carboxylic acids is 1. The number of fused-ring (bicyclic) bond motifs is 2. The van der Waals surface area contributed by atoms with E-state index in [-0.39, 0.29) is 11.0 Å². The fourth-order valence-corrected chi connectivity index (χ4v) is 4.34. The lowest BCUT2D eigenvalue weighted by atomic mass is 9.82. The van der Waals surface area contributed by atoms with Crippen molar-refractivity contribution in [2.45, 2.75) is 58.2 Å². The van der Waals surface area contributed by atoms with Gasteiger partial charge in [-0.05, 0) is 24.3 Å². The molecule has 2 aliphatic rings. The zero-order valence-corrected chi connectivity index (χ0v) is 12.1. The van der Waals surface area contributed by atoms with E-state index in [2.05, 4.69) is 56.0 Å². The molecule has 2 bridgehead atoms. The number of hydrogen-bond donors (Lipinski definition) is 0. The molecule has 2 heterocycles. The van der Waals surface area contributed by atoms with Crippen LogP contribution in [0.4, 0.5) is 0 Å². The molecule has 2 saturated heterocycles. The minimum Gasteiger partial charge on any atom is -0.300 e. The van der Waals surface area contributed by atoms with Crippen LogP contribution in [0.3, 0.4) is 0 Å². The van der Waals surface area contributed by atoms with Gasteiger partial charge in [-0.25, -0.2) is 0 Å². The van der Waals surface area contributed by atoms with Gasteiger partial charge in [0.25, 0.3) is 0 Å². The fraction of sp³-hybridized carbons (Fsp3) is 0.588. The number of Topliss-reactive ketones (excluding diaryl/α,β-unsaturated/α-hetero) is 1. The van der Waals surface area contributed by atoms with E-state index in [9.17, 15) is 4.79 Å². The van der Waals surface area contributed by atoms with Gasteiger partial charge >= 0.3 is 0 Å². The van der Waals surface area contributed by atoms with Crippen LogP contribution in [0, 0.1) is 5.41 Å². The van der Waals surface area contributed by atoms with Gasteiger partial charge in [0.15, 0.2) is 0 Å². The highest BCUT2D eigenvalue weighted by molar-refractivity contribution is 5.82. The van der Waals surface area contributed by atoms with Gasteiger partial charge in [-0.15, -0.1) is 0 Å². The predicted molar refractivity (Wildman–Crippen MR) is 76.8 cm³/mol. The number of carbonyl (C=O) groups is 1. The van der Waals surface area contributed by atoms with Gasteiger partial charge in [-0.2, -0.15) is 0 Å². The highest BCUT2D eigenvalue weighted by Crippen LogP contribution is 2.52. The first-order valence-corrected chi connectivity index (χ1v) is 7.23. The molecule has 0 spiro atoms. The standard InChI is InChI=1S/C17H23NO/c1-16(2)12-17(3)10-14(19)9-15(16)18(17)11-13-7-5-4-6-8-13/h4-8,15H,9-12H2,1-3H3/t15-,17+/m1/s1. The molecule has 2 nitrogen and oxygen atoms in total. The number of rotatable bonds is 2. The Labute approximate surface area is 115 Å². The van der Waals surface area contributed by atoms with Crippen molar-refractivity contribution in [3.8, 4) is 0 Å². The van der Waals surface area contributed by atoms with Crippen molar-refractivity contribution < 1.29 is 4.79 Å². The van der Waals surface area contributed by atoms with Crippen molar-refractivity contribution in [1.29, 1.82) is 0 Å². The SMILES string of the molecule is CC1(C)C[C@]2(C)CC(=O)C[C@H]1N2Cc1ccccc1. The third-order valence-electron chi connectivity index (χ3n) is 5.00. The normalized spacial score (nSPS) is 33.6. The van der Waals surface area contributed by atoms with Crippen molar-refractivity contribution in [2.75, 3.05) is 0 Å². The highest BCUT2D eigenvalue weighted by Gasteiger charge is 2.56. The summed E-state index contributed by atoms with van der Waals surface area (Å²) in [7, 11) is 0. The first-order chi connectivity index (χ1) is 8.91. The molecule has 2 atom stereocenters. The van der Waals surface area contributed by atoms with E-state index in [0.29, 0.717) is 11.8 Å². The van der Waals surface area contributed by atoms with E-state index >= 15 is 0 Å². The maximum absolute atomic E-state index is 12.0. The quantitative estimate of drug-likeness (QED) is 0.809. The maximum Gasteiger partial charge on any atom is 0.136 e. The summed E-state index contributed by atoms with van der Waals surface area (Å²) in [5.74, 6) is 0.447. The molecule has 0 aliphatic carbocycles. The average Bonchev–Trinajstić information content (AvgIpc) is 2.44. The van der Waals surface area contributed by atoms with Crippen LogP contribution in [0.25, 0.3) is 0 Å². The van der Waals surface area contributed by atoms with Gasteiger partial charge in [-0.1, -0.05) is 44.2 Å². The van der Waals surface area contributed by atoms with Crippen molar-refractivity contribution >= 4 is 5.78 Å². The van der Waals surface area contributed by atoms with Gasteiger partial charge < -0.3 is 0 Å². The Morgan fingerprint density at radius 3 is 2.53 bits per heavy atom. The monoisotopic (exact) mass is 257 g/mol. The molecule has 2 heteroatoms. The molecule has 2 aliphatic heterocycles. The van der Waals surface area contributed by atoms with Crippen LogP contribution >= 0.6 is 0 Å². The molecule has 1 aromatic carbocycles. The van der Waals surface area contributed by atoms with E-state index in [0.717, 1.165) is 25.8 Å². The van der Waals surface area contributed by atoms with Gasteiger partial charge in [0.2, 0.25) is 0 Å². The Hall–Kier alpha value is -1.15. The molecule has 1 aromatic rings. The smallest absolute Gasteiger partial charge is 0.136 e. The number of hydrogen-bond acceptors (Lipinski definition) is 2. The topological polar surface area (TPSA) is 20.3 Å². The summed E-state index contributed by atoms with van der Waals surface area (Å²) >= 11 is 0. The summed E-state index contributed by atoms with van der Waals surface area (Å²) in [5, 5.41) is 0. The molecular weight excluding hydrogens is 234 g/mol. The average molecular weight is 257 g/mol. The van der Waals surface area contributed by atoms with Crippen LogP contribution in [0.15, 0.2) is 30.3 Å². The van der Waals surface area contributed by atoms with Crippen LogP contribution in [-0.4, -0.2) is 22.3 Å². The molecule has 102 valence electrons. The Morgan fingerprint density at radius 1 is 1.21 bits per heavy atom. The van der Waals surface area contributed by atoms with Crippen LogP contribution in [0.5, 0.6) is 0 Å². The Kier molecular flexibility index (Phi) is 2.82. The summed E-state index contributed by atoms with van der Waals surface area (Å²) in [6.45, 7) is 7.88.